The number of amides is 1. The van der Waals surface area contributed by atoms with Gasteiger partial charge in [0.05, 0.1) is 7.11 Å². The molecular formula is C15H15NO3. The van der Waals surface area contributed by atoms with Crippen LogP contribution in [0, 0.1) is 6.92 Å². The van der Waals surface area contributed by atoms with E-state index in [4.69, 9.17) is 0 Å². The van der Waals surface area contributed by atoms with E-state index in [0.29, 0.717) is 5.56 Å². The molecule has 2 aromatic carbocycles. The molecule has 2 aromatic rings. The molecule has 4 heteroatoms. The molecule has 1 N–H and O–H groups in total. The average molecular weight is 257 g/mol. The normalized spacial score (nSPS) is 10.2. The van der Waals surface area contributed by atoms with Crippen LogP contribution in [-0.2, 0) is 9.53 Å². The number of methoxy groups -OCH3 is 1. The highest BCUT2D eigenvalue weighted by molar-refractivity contribution is 6.08. The van der Waals surface area contributed by atoms with E-state index in [9.17, 15) is 9.59 Å². The van der Waals surface area contributed by atoms with E-state index >= 15 is 0 Å². The van der Waals surface area contributed by atoms with Crippen molar-refractivity contribution in [3.8, 4) is 0 Å². The fourth-order valence-corrected chi connectivity index (χ4v) is 1.97. The molecule has 0 saturated carbocycles. The first-order chi connectivity index (χ1) is 9.13. The number of benzene rings is 2. The van der Waals surface area contributed by atoms with Gasteiger partial charge in [-0.3, -0.25) is 9.59 Å². The van der Waals surface area contributed by atoms with Crippen LogP contribution in [0.4, 0.5) is 0 Å². The Kier molecular flexibility index (Phi) is 3.80. The molecule has 0 radical (unpaired) electrons. The van der Waals surface area contributed by atoms with Gasteiger partial charge in [0.25, 0.3) is 5.91 Å². The summed E-state index contributed by atoms with van der Waals surface area (Å²) in [6, 6.07) is 11.4. The zero-order valence-electron chi connectivity index (χ0n) is 10.9. The van der Waals surface area contributed by atoms with Crippen LogP contribution in [0.5, 0.6) is 0 Å². The molecule has 0 saturated heterocycles. The second kappa shape index (κ2) is 5.52. The summed E-state index contributed by atoms with van der Waals surface area (Å²) in [4.78, 5) is 23.1. The van der Waals surface area contributed by atoms with E-state index < -0.39 is 5.97 Å². The minimum Gasteiger partial charge on any atom is -0.468 e. The summed E-state index contributed by atoms with van der Waals surface area (Å²) in [5.41, 5.74) is 1.67. The summed E-state index contributed by atoms with van der Waals surface area (Å²) in [7, 11) is 1.29. The second-order valence-electron chi connectivity index (χ2n) is 4.23. The third-order valence-electron chi connectivity index (χ3n) is 3.01. The van der Waals surface area contributed by atoms with Gasteiger partial charge in [-0.2, -0.15) is 0 Å². The highest BCUT2D eigenvalue weighted by Gasteiger charge is 2.12. The van der Waals surface area contributed by atoms with Gasteiger partial charge in [0.1, 0.15) is 6.54 Å². The standard InChI is InChI=1S/C15H15NO3/c1-10-7-8-13(12-6-4-3-5-11(10)12)15(18)16-9-14(17)19-2/h3-8H,9H2,1-2H3,(H,16,18). The lowest BCUT2D eigenvalue weighted by molar-refractivity contribution is -0.139. The smallest absolute Gasteiger partial charge is 0.325 e. The molecule has 0 heterocycles. The fraction of sp³-hybridized carbons (Fsp3) is 0.200. The van der Waals surface area contributed by atoms with Crippen molar-refractivity contribution >= 4 is 22.6 Å². The van der Waals surface area contributed by atoms with E-state index in [1.54, 1.807) is 6.07 Å². The molecule has 0 aromatic heterocycles. The van der Waals surface area contributed by atoms with Crippen LogP contribution in [0.2, 0.25) is 0 Å². The minimum atomic E-state index is -0.468. The molecule has 19 heavy (non-hydrogen) atoms. The van der Waals surface area contributed by atoms with Gasteiger partial charge in [0.2, 0.25) is 0 Å². The van der Waals surface area contributed by atoms with Crippen LogP contribution in [-0.4, -0.2) is 25.5 Å². The average Bonchev–Trinajstić information content (AvgIpc) is 2.45. The van der Waals surface area contributed by atoms with Gasteiger partial charge in [-0.05, 0) is 29.3 Å². The number of hydrogen-bond acceptors (Lipinski definition) is 3. The molecule has 0 atom stereocenters. The summed E-state index contributed by atoms with van der Waals surface area (Å²) < 4.78 is 4.49. The van der Waals surface area contributed by atoms with Crippen LogP contribution in [0.15, 0.2) is 36.4 Å². The van der Waals surface area contributed by atoms with E-state index in [0.717, 1.165) is 16.3 Å². The van der Waals surface area contributed by atoms with Crippen LogP contribution in [0.1, 0.15) is 15.9 Å². The number of fused-ring (bicyclic) bond motifs is 1. The highest BCUT2D eigenvalue weighted by atomic mass is 16.5. The predicted molar refractivity (Wildman–Crippen MR) is 73.0 cm³/mol. The molecule has 0 fully saturated rings. The minimum absolute atomic E-state index is 0.127. The zero-order valence-corrected chi connectivity index (χ0v) is 10.9. The Morgan fingerprint density at radius 3 is 2.47 bits per heavy atom. The third-order valence-corrected chi connectivity index (χ3v) is 3.01. The van der Waals surface area contributed by atoms with Gasteiger partial charge >= 0.3 is 5.97 Å². The van der Waals surface area contributed by atoms with Gasteiger partial charge in [0.15, 0.2) is 0 Å². The van der Waals surface area contributed by atoms with Gasteiger partial charge in [0, 0.05) is 5.56 Å². The van der Waals surface area contributed by atoms with E-state index in [1.807, 2.05) is 37.3 Å². The number of carbonyl (C=O) groups excluding carboxylic acids is 2. The van der Waals surface area contributed by atoms with Crippen molar-refractivity contribution < 1.29 is 14.3 Å². The molecule has 0 spiro atoms. The number of aryl methyl sites for hydroxylation is 1. The lowest BCUT2D eigenvalue weighted by Crippen LogP contribution is -2.30. The van der Waals surface area contributed by atoms with Crippen LogP contribution >= 0.6 is 0 Å². The Bertz CT molecular complexity index is 634. The van der Waals surface area contributed by atoms with E-state index in [-0.39, 0.29) is 12.5 Å². The monoisotopic (exact) mass is 257 g/mol. The number of ether oxygens (including phenoxy) is 1. The summed E-state index contributed by atoms with van der Waals surface area (Å²) >= 11 is 0. The molecule has 2 rings (SSSR count). The van der Waals surface area contributed by atoms with Crippen molar-refractivity contribution in [1.82, 2.24) is 5.32 Å². The first-order valence-corrected chi connectivity index (χ1v) is 5.97. The SMILES string of the molecule is COC(=O)CNC(=O)c1ccc(C)c2ccccc12. The maximum absolute atomic E-state index is 12.1. The number of nitrogens with one attached hydrogen (secondary N) is 1. The first-order valence-electron chi connectivity index (χ1n) is 5.97. The summed E-state index contributed by atoms with van der Waals surface area (Å²) in [5, 5.41) is 4.46. The molecular weight excluding hydrogens is 242 g/mol. The Hall–Kier alpha value is -2.36. The van der Waals surface area contributed by atoms with Crippen LogP contribution in [0.3, 0.4) is 0 Å². The summed E-state index contributed by atoms with van der Waals surface area (Å²) in [6.07, 6.45) is 0. The number of esters is 1. The maximum atomic E-state index is 12.1. The zero-order chi connectivity index (χ0) is 13.8. The predicted octanol–water partition coefficient (Wildman–Crippen LogP) is 2.05. The van der Waals surface area contributed by atoms with Crippen LogP contribution in [0.25, 0.3) is 10.8 Å². The number of hydrogen-bond donors (Lipinski definition) is 1. The number of rotatable bonds is 3. The topological polar surface area (TPSA) is 55.4 Å². The summed E-state index contributed by atoms with van der Waals surface area (Å²) in [6.45, 7) is 1.87. The quantitative estimate of drug-likeness (QED) is 0.856. The molecule has 0 aliphatic heterocycles. The molecule has 0 unspecified atom stereocenters. The molecule has 0 aliphatic carbocycles. The lowest BCUT2D eigenvalue weighted by atomic mass is 10.00. The molecule has 98 valence electrons. The van der Waals surface area contributed by atoms with Gasteiger partial charge in [-0.15, -0.1) is 0 Å². The lowest BCUT2D eigenvalue weighted by Gasteiger charge is -2.09. The molecule has 0 aliphatic rings. The maximum Gasteiger partial charge on any atom is 0.325 e. The van der Waals surface area contributed by atoms with Crippen molar-refractivity contribution in [2.75, 3.05) is 13.7 Å². The van der Waals surface area contributed by atoms with Crippen molar-refractivity contribution in [2.45, 2.75) is 6.92 Å². The van der Waals surface area contributed by atoms with Crippen LogP contribution < -0.4 is 5.32 Å². The largest absolute Gasteiger partial charge is 0.468 e. The Morgan fingerprint density at radius 2 is 1.79 bits per heavy atom. The summed E-state index contributed by atoms with van der Waals surface area (Å²) in [5.74, 6) is -0.744. The molecule has 0 bridgehead atoms. The third kappa shape index (κ3) is 2.73. The number of carbonyl (C=O) groups is 2. The Balaban J connectivity index is 2.32. The van der Waals surface area contributed by atoms with E-state index in [1.165, 1.54) is 7.11 Å². The fourth-order valence-electron chi connectivity index (χ4n) is 1.97. The highest BCUT2D eigenvalue weighted by Crippen LogP contribution is 2.22. The molecule has 1 amide bonds. The first kappa shape index (κ1) is 13.1. The van der Waals surface area contributed by atoms with Gasteiger partial charge in [-0.1, -0.05) is 30.3 Å². The second-order valence-corrected chi connectivity index (χ2v) is 4.23. The van der Waals surface area contributed by atoms with E-state index in [2.05, 4.69) is 10.1 Å². The van der Waals surface area contributed by atoms with Crippen molar-refractivity contribution in [3.05, 3.63) is 47.5 Å². The Labute approximate surface area is 111 Å². The Morgan fingerprint density at radius 1 is 1.11 bits per heavy atom. The van der Waals surface area contributed by atoms with Crippen molar-refractivity contribution in [1.29, 1.82) is 0 Å². The van der Waals surface area contributed by atoms with Gasteiger partial charge in [-0.25, -0.2) is 0 Å². The molecule has 4 nitrogen and oxygen atoms in total. The van der Waals surface area contributed by atoms with Gasteiger partial charge < -0.3 is 10.1 Å². The van der Waals surface area contributed by atoms with Crippen molar-refractivity contribution in [2.24, 2.45) is 0 Å². The van der Waals surface area contributed by atoms with Crippen molar-refractivity contribution in [3.63, 3.8) is 0 Å².